The van der Waals surface area contributed by atoms with Crippen molar-refractivity contribution in [3.8, 4) is 18.1 Å². The minimum absolute atomic E-state index is 0.327. The summed E-state index contributed by atoms with van der Waals surface area (Å²) in [6.45, 7) is 8.57. The van der Waals surface area contributed by atoms with Gasteiger partial charge < -0.3 is 4.74 Å². The van der Waals surface area contributed by atoms with Crippen molar-refractivity contribution in [3.63, 3.8) is 0 Å². The molecule has 3 nitrogen and oxygen atoms in total. The Morgan fingerprint density at radius 3 is 2.65 bits per heavy atom. The van der Waals surface area contributed by atoms with Crippen LogP contribution in [0.3, 0.4) is 0 Å². The van der Waals surface area contributed by atoms with E-state index in [9.17, 15) is 0 Å². The highest BCUT2D eigenvalue weighted by Crippen LogP contribution is 2.24. The first-order valence-corrected chi connectivity index (χ1v) is 5.63. The Kier molecular flexibility index (Phi) is 4.14. The third kappa shape index (κ3) is 3.21. The molecular formula is C14H20N2O. The van der Waals surface area contributed by atoms with Crippen molar-refractivity contribution in [2.24, 2.45) is 0 Å². The molecule has 1 aromatic heterocycles. The van der Waals surface area contributed by atoms with Crippen LogP contribution in [0.5, 0.6) is 5.75 Å². The number of terminal acetylenes is 1. The van der Waals surface area contributed by atoms with E-state index < -0.39 is 0 Å². The van der Waals surface area contributed by atoms with Gasteiger partial charge >= 0.3 is 0 Å². The smallest absolute Gasteiger partial charge is 0.128 e. The summed E-state index contributed by atoms with van der Waals surface area (Å²) >= 11 is 0. The predicted octanol–water partition coefficient (Wildman–Crippen LogP) is 2.21. The van der Waals surface area contributed by atoms with Gasteiger partial charge in [-0.25, -0.2) is 0 Å². The third-order valence-electron chi connectivity index (χ3n) is 2.81. The number of nitrogens with one attached hydrogen (secondary N) is 1. The average molecular weight is 232 g/mol. The molecular weight excluding hydrogens is 212 g/mol. The fourth-order valence-corrected chi connectivity index (χ4v) is 1.61. The van der Waals surface area contributed by atoms with E-state index >= 15 is 0 Å². The molecule has 0 aromatic carbocycles. The van der Waals surface area contributed by atoms with E-state index in [1.807, 2.05) is 33.9 Å². The van der Waals surface area contributed by atoms with E-state index in [4.69, 9.17) is 11.2 Å². The van der Waals surface area contributed by atoms with Gasteiger partial charge in [-0.2, -0.15) is 0 Å². The molecule has 0 amide bonds. The van der Waals surface area contributed by atoms with Crippen molar-refractivity contribution in [3.05, 3.63) is 23.0 Å². The van der Waals surface area contributed by atoms with Gasteiger partial charge in [0, 0.05) is 23.9 Å². The van der Waals surface area contributed by atoms with E-state index in [0.717, 1.165) is 22.6 Å². The van der Waals surface area contributed by atoms with Gasteiger partial charge in [0.1, 0.15) is 5.75 Å². The zero-order valence-electron chi connectivity index (χ0n) is 11.2. The van der Waals surface area contributed by atoms with Crippen LogP contribution >= 0.6 is 0 Å². The van der Waals surface area contributed by atoms with E-state index in [-0.39, 0.29) is 5.54 Å². The minimum atomic E-state index is -0.327. The van der Waals surface area contributed by atoms with Gasteiger partial charge in [-0.3, -0.25) is 10.3 Å². The highest BCUT2D eigenvalue weighted by Gasteiger charge is 2.15. The van der Waals surface area contributed by atoms with Gasteiger partial charge in [0.15, 0.2) is 0 Å². The van der Waals surface area contributed by atoms with E-state index in [1.165, 1.54) is 0 Å². The first-order chi connectivity index (χ1) is 7.91. The summed E-state index contributed by atoms with van der Waals surface area (Å²) in [5, 5.41) is 3.28. The van der Waals surface area contributed by atoms with Crippen LogP contribution in [0.4, 0.5) is 0 Å². The quantitative estimate of drug-likeness (QED) is 0.808. The molecule has 0 saturated carbocycles. The Balaban J connectivity index is 2.91. The van der Waals surface area contributed by atoms with Crippen LogP contribution < -0.4 is 10.1 Å². The predicted molar refractivity (Wildman–Crippen MR) is 70.0 cm³/mol. The number of nitrogens with zero attached hydrogens (tertiary/aromatic N) is 1. The lowest BCUT2D eigenvalue weighted by atomic mass is 10.1. The van der Waals surface area contributed by atoms with Gasteiger partial charge in [-0.1, -0.05) is 5.92 Å². The van der Waals surface area contributed by atoms with Crippen LogP contribution in [-0.4, -0.2) is 17.6 Å². The molecule has 3 heteroatoms. The number of hydrogen-bond donors (Lipinski definition) is 1. The maximum absolute atomic E-state index is 5.43. The highest BCUT2D eigenvalue weighted by molar-refractivity contribution is 5.41. The Labute approximate surface area is 104 Å². The largest absolute Gasteiger partial charge is 0.496 e. The second-order valence-corrected chi connectivity index (χ2v) is 4.67. The Morgan fingerprint density at radius 1 is 1.47 bits per heavy atom. The molecule has 0 bridgehead atoms. The molecule has 0 saturated heterocycles. The van der Waals surface area contributed by atoms with Crippen LogP contribution in [0.2, 0.25) is 0 Å². The highest BCUT2D eigenvalue weighted by atomic mass is 16.5. The molecule has 17 heavy (non-hydrogen) atoms. The molecule has 0 fully saturated rings. The number of hydrogen-bond acceptors (Lipinski definition) is 3. The Morgan fingerprint density at radius 2 is 2.12 bits per heavy atom. The minimum Gasteiger partial charge on any atom is -0.496 e. The number of methoxy groups -OCH3 is 1. The number of ether oxygens (including phenoxy) is 1. The number of aryl methyl sites for hydroxylation is 1. The van der Waals surface area contributed by atoms with Crippen molar-refractivity contribution in [1.29, 1.82) is 0 Å². The molecule has 0 aliphatic rings. The number of pyridine rings is 1. The molecule has 92 valence electrons. The van der Waals surface area contributed by atoms with Crippen molar-refractivity contribution in [2.45, 2.75) is 39.8 Å². The number of aromatic nitrogens is 1. The maximum Gasteiger partial charge on any atom is 0.128 e. The molecule has 0 radical (unpaired) electrons. The molecule has 0 spiro atoms. The first kappa shape index (κ1) is 13.5. The van der Waals surface area contributed by atoms with E-state index in [0.29, 0.717) is 6.54 Å². The number of rotatable bonds is 4. The molecule has 1 rings (SSSR count). The lowest BCUT2D eigenvalue weighted by Gasteiger charge is -2.20. The third-order valence-corrected chi connectivity index (χ3v) is 2.81. The average Bonchev–Trinajstić information content (AvgIpc) is 2.29. The van der Waals surface area contributed by atoms with E-state index in [1.54, 1.807) is 7.11 Å². The van der Waals surface area contributed by atoms with Crippen molar-refractivity contribution in [2.75, 3.05) is 7.11 Å². The second kappa shape index (κ2) is 5.20. The second-order valence-electron chi connectivity index (χ2n) is 4.67. The molecule has 0 unspecified atom stereocenters. The van der Waals surface area contributed by atoms with Crippen LogP contribution in [0.1, 0.15) is 30.7 Å². The molecule has 0 atom stereocenters. The summed E-state index contributed by atoms with van der Waals surface area (Å²) in [5.41, 5.74) is 2.75. The standard InChI is InChI=1S/C14H20N2O/c1-7-14(4,5)16-9-12-11(3)13(17-6)10(2)8-15-12/h1,8,16H,9H2,2-6H3. The van der Waals surface area contributed by atoms with Crippen molar-refractivity contribution in [1.82, 2.24) is 10.3 Å². The summed E-state index contributed by atoms with van der Waals surface area (Å²) in [7, 11) is 1.68. The van der Waals surface area contributed by atoms with Gasteiger partial charge in [0.05, 0.1) is 18.3 Å². The summed E-state index contributed by atoms with van der Waals surface area (Å²) < 4.78 is 5.37. The van der Waals surface area contributed by atoms with Crippen molar-refractivity contribution < 1.29 is 4.74 Å². The van der Waals surface area contributed by atoms with Gasteiger partial charge in [-0.05, 0) is 27.7 Å². The molecule has 1 heterocycles. The van der Waals surface area contributed by atoms with Crippen LogP contribution in [0.25, 0.3) is 0 Å². The monoisotopic (exact) mass is 232 g/mol. The maximum atomic E-state index is 5.43. The van der Waals surface area contributed by atoms with Crippen LogP contribution in [0, 0.1) is 26.2 Å². The zero-order chi connectivity index (χ0) is 13.1. The Hall–Kier alpha value is -1.53. The fraction of sp³-hybridized carbons (Fsp3) is 0.500. The normalized spacial score (nSPS) is 11.1. The fourth-order valence-electron chi connectivity index (χ4n) is 1.61. The topological polar surface area (TPSA) is 34.2 Å². The summed E-state index contributed by atoms with van der Waals surface area (Å²) in [6.07, 6.45) is 7.26. The van der Waals surface area contributed by atoms with Gasteiger partial charge in [0.25, 0.3) is 0 Å². The molecule has 1 N–H and O–H groups in total. The Bertz CT molecular complexity index is 444. The lowest BCUT2D eigenvalue weighted by molar-refractivity contribution is 0.405. The van der Waals surface area contributed by atoms with Crippen LogP contribution in [-0.2, 0) is 6.54 Å². The molecule has 1 aromatic rings. The summed E-state index contributed by atoms with van der Waals surface area (Å²) in [6, 6.07) is 0. The van der Waals surface area contributed by atoms with Crippen molar-refractivity contribution >= 4 is 0 Å². The summed E-state index contributed by atoms with van der Waals surface area (Å²) in [5.74, 6) is 3.60. The van der Waals surface area contributed by atoms with Gasteiger partial charge in [-0.15, -0.1) is 6.42 Å². The van der Waals surface area contributed by atoms with Gasteiger partial charge in [0.2, 0.25) is 0 Å². The van der Waals surface area contributed by atoms with Crippen LogP contribution in [0.15, 0.2) is 6.20 Å². The SMILES string of the molecule is C#CC(C)(C)NCc1ncc(C)c(OC)c1C. The first-order valence-electron chi connectivity index (χ1n) is 5.63. The molecule has 0 aliphatic carbocycles. The lowest BCUT2D eigenvalue weighted by Crippen LogP contribution is -2.37. The zero-order valence-corrected chi connectivity index (χ0v) is 11.2. The molecule has 0 aliphatic heterocycles. The van der Waals surface area contributed by atoms with E-state index in [2.05, 4.69) is 16.2 Å². The summed E-state index contributed by atoms with van der Waals surface area (Å²) in [4.78, 5) is 4.41.